The van der Waals surface area contributed by atoms with Crippen molar-refractivity contribution in [3.8, 4) is 6.08 Å². The van der Waals surface area contributed by atoms with Crippen molar-refractivity contribution in [3.63, 3.8) is 0 Å². The van der Waals surface area contributed by atoms with Crippen LogP contribution in [0, 0.1) is 0 Å². The Kier molecular flexibility index (Phi) is 8.50. The Morgan fingerprint density at radius 3 is 2.73 bits per heavy atom. The Balaban J connectivity index is 1.56. The number of aromatic nitrogens is 1. The van der Waals surface area contributed by atoms with Crippen molar-refractivity contribution >= 4 is 28.6 Å². The largest absolute Gasteiger partial charge is 0.440 e. The van der Waals surface area contributed by atoms with Gasteiger partial charge in [-0.2, -0.15) is 4.98 Å². The number of oxazole rings is 1. The molecule has 0 atom stereocenters. The van der Waals surface area contributed by atoms with Crippen LogP contribution in [0.4, 0.5) is 0 Å². The van der Waals surface area contributed by atoms with E-state index in [0.29, 0.717) is 29.3 Å². The fourth-order valence-corrected chi connectivity index (χ4v) is 2.84. The Hall–Kier alpha value is -2.61. The van der Waals surface area contributed by atoms with E-state index >= 15 is 0 Å². The Bertz CT molecular complexity index is 932. The van der Waals surface area contributed by atoms with Crippen LogP contribution in [0.1, 0.15) is 25.3 Å². The summed E-state index contributed by atoms with van der Waals surface area (Å²) < 4.78 is 16.5. The van der Waals surface area contributed by atoms with Gasteiger partial charge in [0.2, 0.25) is 0 Å². The molecule has 1 heterocycles. The van der Waals surface area contributed by atoms with Crippen LogP contribution >= 0.6 is 11.6 Å². The van der Waals surface area contributed by atoms with Crippen LogP contribution in [-0.2, 0) is 21.0 Å². The third-order valence-electron chi connectivity index (χ3n) is 4.26. The molecule has 1 amide bonds. The zero-order valence-electron chi connectivity index (χ0n) is 16.9. The minimum absolute atomic E-state index is 0.0198. The van der Waals surface area contributed by atoms with Gasteiger partial charge in [0.1, 0.15) is 12.1 Å². The monoisotopic (exact) mass is 432 g/mol. The molecular weight excluding hydrogens is 408 g/mol. The average Bonchev–Trinajstić information content (AvgIpc) is 3.19. The van der Waals surface area contributed by atoms with E-state index in [1.807, 2.05) is 30.3 Å². The first-order chi connectivity index (χ1) is 14.7. The number of carbonyl (C=O) groups excluding carboxylic acids is 1. The molecule has 0 aliphatic rings. The number of nitrogens with zero attached hydrogens (tertiary/aromatic N) is 2. The molecule has 0 unspecified atom stereocenters. The normalized spacial score (nSPS) is 11.0. The molecule has 0 spiro atoms. The number of benzene rings is 2. The van der Waals surface area contributed by atoms with Gasteiger partial charge in [-0.05, 0) is 24.1 Å². The maximum Gasteiger partial charge on any atom is 0.395 e. The van der Waals surface area contributed by atoms with E-state index in [1.165, 1.54) is 5.06 Å². The first-order valence-electron chi connectivity index (χ1n) is 9.90. The first-order valence-corrected chi connectivity index (χ1v) is 10.3. The number of ether oxygens (including phenoxy) is 2. The minimum Gasteiger partial charge on any atom is -0.440 e. The molecule has 0 fully saturated rings. The molecule has 0 saturated carbocycles. The van der Waals surface area contributed by atoms with Gasteiger partial charge in [-0.15, -0.1) is 0 Å². The number of hydroxylamine groups is 2. The van der Waals surface area contributed by atoms with Gasteiger partial charge in [-0.25, -0.2) is 5.06 Å². The minimum atomic E-state index is -0.363. The summed E-state index contributed by atoms with van der Waals surface area (Å²) in [5.74, 6) is -0.363. The lowest BCUT2D eigenvalue weighted by molar-refractivity contribution is -0.197. The van der Waals surface area contributed by atoms with Gasteiger partial charge in [0.05, 0.1) is 18.2 Å². The number of para-hydroxylation sites is 1. The van der Waals surface area contributed by atoms with Crippen LogP contribution in [0.25, 0.3) is 11.1 Å². The van der Waals surface area contributed by atoms with E-state index in [0.717, 1.165) is 18.4 Å². The second kappa shape index (κ2) is 11.5. The number of hydrogen-bond acceptors (Lipinski definition) is 6. The molecule has 7 nitrogen and oxygen atoms in total. The predicted molar refractivity (Wildman–Crippen MR) is 113 cm³/mol. The zero-order chi connectivity index (χ0) is 21.2. The van der Waals surface area contributed by atoms with Crippen LogP contribution in [0.15, 0.2) is 52.9 Å². The van der Waals surface area contributed by atoms with Crippen molar-refractivity contribution in [2.75, 3.05) is 26.4 Å². The first kappa shape index (κ1) is 22.1. The van der Waals surface area contributed by atoms with Crippen molar-refractivity contribution in [3.05, 3.63) is 59.1 Å². The van der Waals surface area contributed by atoms with Crippen molar-refractivity contribution in [1.29, 1.82) is 0 Å². The zero-order valence-corrected chi connectivity index (χ0v) is 17.6. The van der Waals surface area contributed by atoms with E-state index in [1.54, 1.807) is 18.2 Å². The van der Waals surface area contributed by atoms with Gasteiger partial charge in [0, 0.05) is 6.61 Å². The number of rotatable bonds is 12. The summed E-state index contributed by atoms with van der Waals surface area (Å²) in [4.78, 5) is 22.6. The summed E-state index contributed by atoms with van der Waals surface area (Å²) >= 11 is 6.08. The van der Waals surface area contributed by atoms with E-state index in [4.69, 9.17) is 30.3 Å². The lowest BCUT2D eigenvalue weighted by atomic mass is 10.2. The molecular formula is C22H25ClN2O5. The van der Waals surface area contributed by atoms with Crippen molar-refractivity contribution in [2.24, 2.45) is 0 Å². The number of carbonyl (C=O) groups is 1. The van der Waals surface area contributed by atoms with E-state index < -0.39 is 0 Å². The topological polar surface area (TPSA) is 74.0 Å². The fourth-order valence-electron chi connectivity index (χ4n) is 2.64. The quantitative estimate of drug-likeness (QED) is 0.306. The average molecular weight is 433 g/mol. The van der Waals surface area contributed by atoms with Crippen LogP contribution in [-0.4, -0.2) is 42.3 Å². The lowest BCUT2D eigenvalue weighted by Gasteiger charge is -2.21. The summed E-state index contributed by atoms with van der Waals surface area (Å²) in [5.41, 5.74) is 1.94. The maximum atomic E-state index is 12.7. The molecule has 1 aromatic heterocycles. The van der Waals surface area contributed by atoms with Crippen molar-refractivity contribution in [1.82, 2.24) is 10.0 Å². The van der Waals surface area contributed by atoms with Crippen molar-refractivity contribution < 1.29 is 23.5 Å². The molecule has 8 heteroatoms. The van der Waals surface area contributed by atoms with Gasteiger partial charge in [-0.1, -0.05) is 61.3 Å². The van der Waals surface area contributed by atoms with Gasteiger partial charge >= 0.3 is 6.08 Å². The molecule has 0 bridgehead atoms. The van der Waals surface area contributed by atoms with Gasteiger partial charge in [0.15, 0.2) is 12.2 Å². The highest BCUT2D eigenvalue weighted by molar-refractivity contribution is 6.34. The van der Waals surface area contributed by atoms with Crippen LogP contribution < -0.4 is 4.74 Å². The van der Waals surface area contributed by atoms with Gasteiger partial charge < -0.3 is 13.9 Å². The van der Waals surface area contributed by atoms with Crippen molar-refractivity contribution in [2.45, 2.75) is 26.4 Å². The highest BCUT2D eigenvalue weighted by atomic mass is 35.5. The van der Waals surface area contributed by atoms with Gasteiger partial charge in [0.25, 0.3) is 5.91 Å². The maximum absolute atomic E-state index is 12.7. The number of amides is 1. The summed E-state index contributed by atoms with van der Waals surface area (Å²) in [7, 11) is 0. The Morgan fingerprint density at radius 1 is 1.13 bits per heavy atom. The third-order valence-corrected chi connectivity index (χ3v) is 4.55. The molecule has 30 heavy (non-hydrogen) atoms. The third kappa shape index (κ3) is 6.45. The predicted octanol–water partition coefficient (Wildman–Crippen LogP) is 4.64. The highest BCUT2D eigenvalue weighted by Crippen LogP contribution is 2.27. The van der Waals surface area contributed by atoms with E-state index in [-0.39, 0.29) is 31.7 Å². The smallest absolute Gasteiger partial charge is 0.395 e. The number of hydrogen-bond donors (Lipinski definition) is 0. The number of halogens is 1. The molecule has 0 saturated heterocycles. The summed E-state index contributed by atoms with van der Waals surface area (Å²) in [6.45, 7) is 3.39. The second-order valence-electron chi connectivity index (χ2n) is 6.58. The lowest BCUT2D eigenvalue weighted by Crippen LogP contribution is -2.37. The Labute approximate surface area is 180 Å². The molecule has 160 valence electrons. The standard InChI is InChI=1S/C22H25ClN2O5/c1-2-3-13-27-14-12-25(29-15-17-8-5-4-6-9-17)20(26)16-28-22-24-19-11-7-10-18(23)21(19)30-22/h4-11H,2-3,12-16H2,1H3. The molecule has 0 aliphatic heterocycles. The molecule has 0 aliphatic carbocycles. The molecule has 0 radical (unpaired) electrons. The number of unbranched alkanes of at least 4 members (excludes halogenated alkanes) is 1. The summed E-state index contributed by atoms with van der Waals surface area (Å²) in [6, 6.07) is 14.8. The van der Waals surface area contributed by atoms with E-state index in [9.17, 15) is 4.79 Å². The molecule has 0 N–H and O–H groups in total. The molecule has 3 rings (SSSR count). The van der Waals surface area contributed by atoms with Crippen LogP contribution in [0.5, 0.6) is 6.08 Å². The second-order valence-corrected chi connectivity index (χ2v) is 6.98. The Morgan fingerprint density at radius 2 is 1.97 bits per heavy atom. The molecule has 3 aromatic rings. The summed E-state index contributed by atoms with van der Waals surface area (Å²) in [6.07, 6.45) is 2.01. The van der Waals surface area contributed by atoms with Gasteiger partial charge in [-0.3, -0.25) is 9.63 Å². The summed E-state index contributed by atoms with van der Waals surface area (Å²) in [5, 5.41) is 1.69. The highest BCUT2D eigenvalue weighted by Gasteiger charge is 2.18. The van der Waals surface area contributed by atoms with E-state index in [2.05, 4.69) is 11.9 Å². The SMILES string of the molecule is CCCCOCCN(OCc1ccccc1)C(=O)COc1nc2cccc(Cl)c2o1. The van der Waals surface area contributed by atoms with Crippen LogP contribution in [0.3, 0.4) is 0 Å². The molecule has 2 aromatic carbocycles. The number of fused-ring (bicyclic) bond motifs is 1. The fraction of sp³-hybridized carbons (Fsp3) is 0.364. The van der Waals surface area contributed by atoms with Crippen LogP contribution in [0.2, 0.25) is 5.02 Å².